The Balaban J connectivity index is 2.55. The second-order valence-corrected chi connectivity index (χ2v) is 5.18. The summed E-state index contributed by atoms with van der Waals surface area (Å²) < 4.78 is 0. The molecule has 16 heavy (non-hydrogen) atoms. The molecular weight excluding hydrogens is 200 g/mol. The summed E-state index contributed by atoms with van der Waals surface area (Å²) in [6.45, 7) is 6.43. The van der Waals surface area contributed by atoms with Crippen LogP contribution in [-0.4, -0.2) is 10.6 Å². The number of nitrogens with one attached hydrogen (secondary N) is 1. The third-order valence-electron chi connectivity index (χ3n) is 3.11. The van der Waals surface area contributed by atoms with Crippen molar-refractivity contribution in [3.63, 3.8) is 0 Å². The van der Waals surface area contributed by atoms with E-state index in [2.05, 4.69) is 26.1 Å². The van der Waals surface area contributed by atoms with Crippen LogP contribution in [0.4, 0.5) is 5.69 Å². The maximum Gasteiger partial charge on any atom is 0.133 e. The summed E-state index contributed by atoms with van der Waals surface area (Å²) in [4.78, 5) is 0. The molecule has 1 aliphatic rings. The van der Waals surface area contributed by atoms with Crippen molar-refractivity contribution >= 4 is 5.69 Å². The molecule has 0 aromatic heterocycles. The zero-order valence-corrected chi connectivity index (χ0v) is 9.83. The minimum atomic E-state index is 0.0378. The van der Waals surface area contributed by atoms with Crippen molar-refractivity contribution < 1.29 is 5.11 Å². The number of hydrogen-bond donors (Lipinski definition) is 2. The highest BCUT2D eigenvalue weighted by Crippen LogP contribution is 2.41. The fourth-order valence-corrected chi connectivity index (χ4v) is 2.50. The average Bonchev–Trinajstić information content (AvgIpc) is 2.17. The minimum Gasteiger partial charge on any atom is -0.507 e. The molecule has 0 fully saturated rings. The molecule has 1 aromatic rings. The maximum absolute atomic E-state index is 9.66. The standard InChI is InChI=1S/C13H16N2O/c1-8-6-13(2,3)15-11-4-9(7-14)12(16)5-10(8)11/h4-5,8,15-16H,6H2,1-3H3. The number of phenolic OH excluding ortho intramolecular Hbond substituents is 1. The molecule has 84 valence electrons. The lowest BCUT2D eigenvalue weighted by atomic mass is 9.81. The van der Waals surface area contributed by atoms with E-state index in [0.29, 0.717) is 11.5 Å². The second kappa shape index (κ2) is 3.41. The molecule has 0 radical (unpaired) electrons. The Kier molecular flexibility index (Phi) is 2.31. The molecule has 1 unspecified atom stereocenters. The fraction of sp³-hybridized carbons (Fsp3) is 0.462. The lowest BCUT2D eigenvalue weighted by Crippen LogP contribution is -2.36. The van der Waals surface area contributed by atoms with E-state index in [4.69, 9.17) is 5.26 Å². The Morgan fingerprint density at radius 3 is 2.81 bits per heavy atom. The van der Waals surface area contributed by atoms with Gasteiger partial charge < -0.3 is 10.4 Å². The quantitative estimate of drug-likeness (QED) is 0.655. The van der Waals surface area contributed by atoms with Gasteiger partial charge in [0.05, 0.1) is 5.56 Å². The lowest BCUT2D eigenvalue weighted by molar-refractivity contribution is 0.445. The normalized spacial score (nSPS) is 21.8. The molecule has 0 saturated heterocycles. The van der Waals surface area contributed by atoms with Crippen molar-refractivity contribution in [2.75, 3.05) is 5.32 Å². The number of fused-ring (bicyclic) bond motifs is 1. The van der Waals surface area contributed by atoms with Crippen molar-refractivity contribution in [3.05, 3.63) is 23.3 Å². The molecule has 0 saturated carbocycles. The minimum absolute atomic E-state index is 0.0378. The molecule has 1 heterocycles. The first-order valence-corrected chi connectivity index (χ1v) is 5.48. The highest BCUT2D eigenvalue weighted by Gasteiger charge is 2.29. The second-order valence-electron chi connectivity index (χ2n) is 5.18. The number of nitrogens with zero attached hydrogens (tertiary/aromatic N) is 1. The van der Waals surface area contributed by atoms with Crippen LogP contribution >= 0.6 is 0 Å². The fourth-order valence-electron chi connectivity index (χ4n) is 2.50. The summed E-state index contributed by atoms with van der Waals surface area (Å²) in [6.07, 6.45) is 1.02. The van der Waals surface area contributed by atoms with E-state index in [-0.39, 0.29) is 11.3 Å². The summed E-state index contributed by atoms with van der Waals surface area (Å²) in [5.41, 5.74) is 2.43. The largest absolute Gasteiger partial charge is 0.507 e. The van der Waals surface area contributed by atoms with E-state index >= 15 is 0 Å². The molecule has 1 aliphatic heterocycles. The number of rotatable bonds is 0. The predicted octanol–water partition coefficient (Wildman–Crippen LogP) is 2.96. The van der Waals surface area contributed by atoms with Crippen LogP contribution in [0.15, 0.2) is 12.1 Å². The maximum atomic E-state index is 9.66. The molecule has 0 amide bonds. The third-order valence-corrected chi connectivity index (χ3v) is 3.11. The van der Waals surface area contributed by atoms with E-state index < -0.39 is 0 Å². The topological polar surface area (TPSA) is 56.0 Å². The first-order chi connectivity index (χ1) is 7.43. The molecule has 1 atom stereocenters. The van der Waals surface area contributed by atoms with Crippen LogP contribution in [0.3, 0.4) is 0 Å². The zero-order valence-electron chi connectivity index (χ0n) is 9.83. The number of aromatic hydroxyl groups is 1. The van der Waals surface area contributed by atoms with E-state index in [1.807, 2.05) is 6.07 Å². The van der Waals surface area contributed by atoms with Gasteiger partial charge in [-0.1, -0.05) is 6.92 Å². The monoisotopic (exact) mass is 216 g/mol. The van der Waals surface area contributed by atoms with Crippen molar-refractivity contribution in [2.45, 2.75) is 38.6 Å². The van der Waals surface area contributed by atoms with Gasteiger partial charge in [-0.2, -0.15) is 5.26 Å². The van der Waals surface area contributed by atoms with Crippen LogP contribution in [0.5, 0.6) is 5.75 Å². The van der Waals surface area contributed by atoms with Crippen molar-refractivity contribution in [1.82, 2.24) is 0 Å². The molecule has 0 spiro atoms. The molecule has 3 heteroatoms. The van der Waals surface area contributed by atoms with Gasteiger partial charge >= 0.3 is 0 Å². The van der Waals surface area contributed by atoms with Gasteiger partial charge in [-0.05, 0) is 43.9 Å². The van der Waals surface area contributed by atoms with Gasteiger partial charge in [-0.3, -0.25) is 0 Å². The SMILES string of the molecule is CC1CC(C)(C)Nc2cc(C#N)c(O)cc21. The summed E-state index contributed by atoms with van der Waals surface area (Å²) in [5, 5.41) is 21.9. The molecule has 3 nitrogen and oxygen atoms in total. The zero-order chi connectivity index (χ0) is 11.9. The highest BCUT2D eigenvalue weighted by molar-refractivity contribution is 5.64. The Morgan fingerprint density at radius 2 is 2.19 bits per heavy atom. The van der Waals surface area contributed by atoms with Crippen molar-refractivity contribution in [2.24, 2.45) is 0 Å². The number of nitriles is 1. The highest BCUT2D eigenvalue weighted by atomic mass is 16.3. The summed E-state index contributed by atoms with van der Waals surface area (Å²) in [7, 11) is 0. The number of phenols is 1. The van der Waals surface area contributed by atoms with Crippen LogP contribution in [0.2, 0.25) is 0 Å². The molecular formula is C13H16N2O. The Labute approximate surface area is 95.7 Å². The van der Waals surface area contributed by atoms with E-state index in [9.17, 15) is 5.11 Å². The Hall–Kier alpha value is -1.69. The lowest BCUT2D eigenvalue weighted by Gasteiger charge is -2.37. The van der Waals surface area contributed by atoms with Gasteiger partial charge in [0.2, 0.25) is 0 Å². The number of hydrogen-bond acceptors (Lipinski definition) is 3. The van der Waals surface area contributed by atoms with Crippen molar-refractivity contribution in [3.8, 4) is 11.8 Å². The Morgan fingerprint density at radius 1 is 1.50 bits per heavy atom. The Bertz CT molecular complexity index is 472. The van der Waals surface area contributed by atoms with Crippen LogP contribution in [-0.2, 0) is 0 Å². The van der Waals surface area contributed by atoms with E-state index in [1.54, 1.807) is 12.1 Å². The first-order valence-electron chi connectivity index (χ1n) is 5.48. The van der Waals surface area contributed by atoms with E-state index in [1.165, 1.54) is 0 Å². The number of benzene rings is 1. The predicted molar refractivity (Wildman–Crippen MR) is 63.6 cm³/mol. The summed E-state index contributed by atoms with van der Waals surface area (Å²) in [5.74, 6) is 0.472. The van der Waals surface area contributed by atoms with Gasteiger partial charge in [0.15, 0.2) is 0 Å². The third kappa shape index (κ3) is 1.71. The van der Waals surface area contributed by atoms with Gasteiger partial charge in [0, 0.05) is 11.2 Å². The molecule has 2 rings (SSSR count). The average molecular weight is 216 g/mol. The molecule has 0 aliphatic carbocycles. The summed E-state index contributed by atoms with van der Waals surface area (Å²) >= 11 is 0. The van der Waals surface area contributed by atoms with Gasteiger partial charge in [-0.25, -0.2) is 0 Å². The van der Waals surface area contributed by atoms with Crippen LogP contribution < -0.4 is 5.32 Å². The summed E-state index contributed by atoms with van der Waals surface area (Å²) in [6, 6.07) is 5.44. The van der Waals surface area contributed by atoms with E-state index in [0.717, 1.165) is 17.7 Å². The van der Waals surface area contributed by atoms with Crippen molar-refractivity contribution in [1.29, 1.82) is 5.26 Å². The smallest absolute Gasteiger partial charge is 0.133 e. The van der Waals surface area contributed by atoms with Gasteiger partial charge in [0.25, 0.3) is 0 Å². The van der Waals surface area contributed by atoms with Crippen LogP contribution in [0.25, 0.3) is 0 Å². The molecule has 2 N–H and O–H groups in total. The molecule has 1 aromatic carbocycles. The molecule has 0 bridgehead atoms. The van der Waals surface area contributed by atoms with Crippen LogP contribution in [0, 0.1) is 11.3 Å². The number of anilines is 1. The van der Waals surface area contributed by atoms with Gasteiger partial charge in [-0.15, -0.1) is 0 Å². The van der Waals surface area contributed by atoms with Crippen LogP contribution in [0.1, 0.15) is 44.2 Å². The van der Waals surface area contributed by atoms with Gasteiger partial charge in [0.1, 0.15) is 11.8 Å². The first kappa shape index (κ1) is 10.8.